The summed E-state index contributed by atoms with van der Waals surface area (Å²) in [6.45, 7) is 8.17. The number of rotatable bonds is 4. The van der Waals surface area contributed by atoms with Crippen LogP contribution >= 0.6 is 11.6 Å². The zero-order chi connectivity index (χ0) is 20.3. The average Bonchev–Trinajstić information content (AvgIpc) is 2.67. The summed E-state index contributed by atoms with van der Waals surface area (Å²) in [6, 6.07) is 14.0. The van der Waals surface area contributed by atoms with Crippen LogP contribution in [0.1, 0.15) is 18.1 Å². The highest BCUT2D eigenvalue weighted by Gasteiger charge is 2.26. The first-order chi connectivity index (χ1) is 13.4. The number of carbonyl (C=O) groups excluding carboxylic acids is 2. The van der Waals surface area contributed by atoms with Gasteiger partial charge in [-0.05, 0) is 43.2 Å². The molecule has 0 saturated carbocycles. The molecule has 0 unspecified atom stereocenters. The van der Waals surface area contributed by atoms with Gasteiger partial charge in [0.15, 0.2) is 0 Å². The van der Waals surface area contributed by atoms with Gasteiger partial charge in [-0.15, -0.1) is 0 Å². The lowest BCUT2D eigenvalue weighted by atomic mass is 10.1. The predicted octanol–water partition coefficient (Wildman–Crippen LogP) is 3.66. The molecule has 6 heteroatoms. The zero-order valence-electron chi connectivity index (χ0n) is 16.6. The summed E-state index contributed by atoms with van der Waals surface area (Å²) in [4.78, 5) is 30.8. The van der Waals surface area contributed by atoms with Crippen LogP contribution in [-0.4, -0.2) is 49.4 Å². The lowest BCUT2D eigenvalue weighted by Crippen LogP contribution is -2.52. The topological polar surface area (TPSA) is 43.9 Å². The Morgan fingerprint density at radius 2 is 1.68 bits per heavy atom. The van der Waals surface area contributed by atoms with Crippen LogP contribution in [0.25, 0.3) is 0 Å². The van der Waals surface area contributed by atoms with Crippen molar-refractivity contribution in [1.29, 1.82) is 0 Å². The number of aryl methyl sites for hydroxylation is 2. The quantitative estimate of drug-likeness (QED) is 0.788. The fourth-order valence-corrected chi connectivity index (χ4v) is 4.11. The smallest absolute Gasteiger partial charge is 0.242 e. The molecular formula is C22H26ClN3O2. The van der Waals surface area contributed by atoms with E-state index in [4.69, 9.17) is 11.6 Å². The van der Waals surface area contributed by atoms with Crippen LogP contribution in [0.3, 0.4) is 0 Å². The van der Waals surface area contributed by atoms with Crippen molar-refractivity contribution in [1.82, 2.24) is 4.90 Å². The van der Waals surface area contributed by atoms with Crippen molar-refractivity contribution < 1.29 is 9.59 Å². The largest absolute Gasteiger partial charge is 0.368 e. The first-order valence-corrected chi connectivity index (χ1v) is 9.87. The second kappa shape index (κ2) is 8.65. The molecule has 148 valence electrons. The number of hydrogen-bond acceptors (Lipinski definition) is 3. The van der Waals surface area contributed by atoms with Crippen molar-refractivity contribution in [3.05, 3.63) is 58.6 Å². The maximum atomic E-state index is 12.9. The second-order valence-corrected chi connectivity index (χ2v) is 7.63. The molecule has 0 N–H and O–H groups in total. The molecule has 2 aromatic carbocycles. The summed E-state index contributed by atoms with van der Waals surface area (Å²) in [7, 11) is 0. The van der Waals surface area contributed by atoms with Crippen molar-refractivity contribution in [2.24, 2.45) is 0 Å². The number of anilines is 2. The molecule has 1 aliphatic heterocycles. The minimum absolute atomic E-state index is 0.00426. The molecule has 28 heavy (non-hydrogen) atoms. The molecule has 2 aromatic rings. The molecule has 1 heterocycles. The van der Waals surface area contributed by atoms with E-state index >= 15 is 0 Å². The highest BCUT2D eigenvalue weighted by atomic mass is 35.5. The maximum Gasteiger partial charge on any atom is 0.242 e. The molecule has 0 atom stereocenters. The number of halogens is 1. The van der Waals surface area contributed by atoms with Gasteiger partial charge in [-0.2, -0.15) is 0 Å². The standard InChI is InChI=1S/C22H26ClN3O2/c1-16-13-17(2)22(20(23)14-16)26(18(3)27)15-21(28)25-11-9-24(10-12-25)19-7-5-4-6-8-19/h4-8,13-14H,9-12,15H2,1-3H3. The van der Waals surface area contributed by atoms with Gasteiger partial charge in [0.2, 0.25) is 11.8 Å². The lowest BCUT2D eigenvalue weighted by Gasteiger charge is -2.37. The third-order valence-electron chi connectivity index (χ3n) is 5.10. The molecule has 1 fully saturated rings. The van der Waals surface area contributed by atoms with Gasteiger partial charge < -0.3 is 14.7 Å². The van der Waals surface area contributed by atoms with Gasteiger partial charge in [-0.3, -0.25) is 9.59 Å². The Hall–Kier alpha value is -2.53. The van der Waals surface area contributed by atoms with E-state index in [0.29, 0.717) is 23.8 Å². The highest BCUT2D eigenvalue weighted by molar-refractivity contribution is 6.34. The first-order valence-electron chi connectivity index (χ1n) is 9.49. The zero-order valence-corrected chi connectivity index (χ0v) is 17.4. The Balaban J connectivity index is 1.68. The molecule has 2 amide bonds. The average molecular weight is 400 g/mol. The van der Waals surface area contributed by atoms with Gasteiger partial charge in [0, 0.05) is 38.8 Å². The summed E-state index contributed by atoms with van der Waals surface area (Å²) in [5.74, 6) is -0.246. The number of nitrogens with zero attached hydrogens (tertiary/aromatic N) is 3. The van der Waals surface area contributed by atoms with Crippen molar-refractivity contribution in [2.45, 2.75) is 20.8 Å². The van der Waals surface area contributed by atoms with Crippen LogP contribution in [0.15, 0.2) is 42.5 Å². The van der Waals surface area contributed by atoms with Crippen molar-refractivity contribution in [2.75, 3.05) is 42.5 Å². The van der Waals surface area contributed by atoms with Gasteiger partial charge >= 0.3 is 0 Å². The number of carbonyl (C=O) groups is 2. The van der Waals surface area contributed by atoms with Gasteiger partial charge in [-0.25, -0.2) is 0 Å². The Morgan fingerprint density at radius 3 is 2.25 bits per heavy atom. The van der Waals surface area contributed by atoms with E-state index in [1.165, 1.54) is 17.5 Å². The Labute approximate surface area is 171 Å². The minimum atomic E-state index is -0.190. The first kappa shape index (κ1) is 20.2. The van der Waals surface area contributed by atoms with E-state index in [1.54, 1.807) is 0 Å². The molecule has 1 aliphatic rings. The van der Waals surface area contributed by atoms with Crippen LogP contribution in [0.5, 0.6) is 0 Å². The summed E-state index contributed by atoms with van der Waals surface area (Å²) >= 11 is 6.40. The summed E-state index contributed by atoms with van der Waals surface area (Å²) in [5.41, 5.74) is 3.71. The number of piperazine rings is 1. The SMILES string of the molecule is CC(=O)N(CC(=O)N1CCN(c2ccccc2)CC1)c1c(C)cc(C)cc1Cl. The molecule has 0 aliphatic carbocycles. The summed E-state index contributed by atoms with van der Waals surface area (Å²) in [5, 5.41) is 0.495. The molecule has 3 rings (SSSR count). The number of para-hydroxylation sites is 1. The highest BCUT2D eigenvalue weighted by Crippen LogP contribution is 2.31. The van der Waals surface area contributed by atoms with Crippen LogP contribution in [0.2, 0.25) is 5.02 Å². The molecule has 5 nitrogen and oxygen atoms in total. The molecule has 0 bridgehead atoms. The molecule has 0 radical (unpaired) electrons. The maximum absolute atomic E-state index is 12.9. The monoisotopic (exact) mass is 399 g/mol. The van der Waals surface area contributed by atoms with E-state index in [-0.39, 0.29) is 18.4 Å². The fraction of sp³-hybridized carbons (Fsp3) is 0.364. The van der Waals surface area contributed by atoms with E-state index in [9.17, 15) is 9.59 Å². The number of benzene rings is 2. The second-order valence-electron chi connectivity index (χ2n) is 7.22. The summed E-state index contributed by atoms with van der Waals surface area (Å²) in [6.07, 6.45) is 0. The number of hydrogen-bond donors (Lipinski definition) is 0. The van der Waals surface area contributed by atoms with Crippen LogP contribution < -0.4 is 9.80 Å². The van der Waals surface area contributed by atoms with Crippen molar-refractivity contribution in [3.8, 4) is 0 Å². The Kier molecular flexibility index (Phi) is 6.25. The molecule has 0 aromatic heterocycles. The normalized spacial score (nSPS) is 14.1. The molecule has 0 spiro atoms. The van der Waals surface area contributed by atoms with E-state index < -0.39 is 0 Å². The van der Waals surface area contributed by atoms with Crippen LogP contribution in [0.4, 0.5) is 11.4 Å². The minimum Gasteiger partial charge on any atom is -0.368 e. The van der Waals surface area contributed by atoms with E-state index in [2.05, 4.69) is 17.0 Å². The Bertz CT molecular complexity index is 838. The third-order valence-corrected chi connectivity index (χ3v) is 5.38. The van der Waals surface area contributed by atoms with Gasteiger partial charge in [0.05, 0.1) is 10.7 Å². The summed E-state index contributed by atoms with van der Waals surface area (Å²) < 4.78 is 0. The van der Waals surface area contributed by atoms with Crippen LogP contribution in [0, 0.1) is 13.8 Å². The predicted molar refractivity (Wildman–Crippen MR) is 114 cm³/mol. The third kappa shape index (κ3) is 4.47. The van der Waals surface area contributed by atoms with Gasteiger partial charge in [0.1, 0.15) is 6.54 Å². The van der Waals surface area contributed by atoms with Crippen LogP contribution in [-0.2, 0) is 9.59 Å². The Morgan fingerprint density at radius 1 is 1.04 bits per heavy atom. The van der Waals surface area contributed by atoms with E-state index in [1.807, 2.05) is 49.1 Å². The fourth-order valence-electron chi connectivity index (χ4n) is 3.69. The van der Waals surface area contributed by atoms with Crippen molar-refractivity contribution >= 4 is 34.8 Å². The number of amides is 2. The van der Waals surface area contributed by atoms with Gasteiger partial charge in [0.25, 0.3) is 0 Å². The van der Waals surface area contributed by atoms with Gasteiger partial charge in [-0.1, -0.05) is 35.9 Å². The lowest BCUT2D eigenvalue weighted by molar-refractivity contribution is -0.131. The molecule has 1 saturated heterocycles. The van der Waals surface area contributed by atoms with Crippen molar-refractivity contribution in [3.63, 3.8) is 0 Å². The molecular weight excluding hydrogens is 374 g/mol. The van der Waals surface area contributed by atoms with E-state index in [0.717, 1.165) is 24.2 Å².